The van der Waals surface area contributed by atoms with Gasteiger partial charge in [-0.1, -0.05) is 17.3 Å². The molecule has 1 aromatic carbocycles. The molecule has 6 heteroatoms. The highest BCUT2D eigenvalue weighted by molar-refractivity contribution is 5.19. The molecule has 1 fully saturated rings. The molecule has 0 spiro atoms. The molecule has 3 rings (SSSR count). The van der Waals surface area contributed by atoms with Crippen LogP contribution >= 0.6 is 0 Å². The highest BCUT2D eigenvalue weighted by atomic mass is 19.1. The summed E-state index contributed by atoms with van der Waals surface area (Å²) in [5.74, 6) is 0.577. The second-order valence-electron chi connectivity index (χ2n) is 5.35. The topological polar surface area (TPSA) is 74.2 Å². The Labute approximate surface area is 122 Å². The van der Waals surface area contributed by atoms with Crippen molar-refractivity contribution in [1.82, 2.24) is 10.1 Å². The summed E-state index contributed by atoms with van der Waals surface area (Å²) in [5, 5.41) is 3.87. The number of nitrogens with two attached hydrogens (primary N) is 1. The van der Waals surface area contributed by atoms with Crippen molar-refractivity contribution in [2.75, 3.05) is 6.61 Å². The van der Waals surface area contributed by atoms with Crippen molar-refractivity contribution >= 4 is 0 Å². The first-order valence-corrected chi connectivity index (χ1v) is 7.15. The summed E-state index contributed by atoms with van der Waals surface area (Å²) in [7, 11) is 0. The lowest BCUT2D eigenvalue weighted by molar-refractivity contribution is -0.00549. The van der Waals surface area contributed by atoms with Crippen molar-refractivity contribution in [1.29, 1.82) is 0 Å². The summed E-state index contributed by atoms with van der Waals surface area (Å²) in [4.78, 5) is 4.25. The summed E-state index contributed by atoms with van der Waals surface area (Å²) in [6.07, 6.45) is 4.14. The molecule has 5 nitrogen and oxygen atoms in total. The molecule has 1 atom stereocenters. The van der Waals surface area contributed by atoms with Crippen LogP contribution in [-0.2, 0) is 11.2 Å². The summed E-state index contributed by atoms with van der Waals surface area (Å²) >= 11 is 0. The van der Waals surface area contributed by atoms with Gasteiger partial charge in [0.1, 0.15) is 5.82 Å². The van der Waals surface area contributed by atoms with E-state index in [1.807, 2.05) is 6.07 Å². The Hall–Kier alpha value is -1.79. The molecule has 2 N–H and O–H groups in total. The molecular formula is C15H18FN3O2. The second-order valence-corrected chi connectivity index (χ2v) is 5.35. The minimum absolute atomic E-state index is 0.280. The lowest BCUT2D eigenvalue weighted by Gasteiger charge is -2.26. The monoisotopic (exact) mass is 291 g/mol. The normalized spacial score (nSPS) is 16.7. The maximum Gasteiger partial charge on any atom is 0.231 e. The van der Waals surface area contributed by atoms with Gasteiger partial charge in [0.15, 0.2) is 5.82 Å². The number of rotatable bonds is 6. The highest BCUT2D eigenvalue weighted by Crippen LogP contribution is 2.23. The van der Waals surface area contributed by atoms with Crippen LogP contribution < -0.4 is 5.73 Å². The number of benzene rings is 1. The molecule has 1 heterocycles. The number of aromatic nitrogens is 2. The van der Waals surface area contributed by atoms with Gasteiger partial charge in [0, 0.05) is 0 Å². The average molecular weight is 291 g/mol. The molecule has 1 saturated carbocycles. The summed E-state index contributed by atoms with van der Waals surface area (Å²) in [6, 6.07) is 5.92. The van der Waals surface area contributed by atoms with E-state index in [4.69, 9.17) is 15.0 Å². The zero-order valence-electron chi connectivity index (χ0n) is 11.7. The number of halogens is 1. The quantitative estimate of drug-likeness (QED) is 0.884. The van der Waals surface area contributed by atoms with Gasteiger partial charge in [-0.05, 0) is 37.0 Å². The van der Waals surface area contributed by atoms with Crippen LogP contribution in [0.2, 0.25) is 0 Å². The lowest BCUT2D eigenvalue weighted by Crippen LogP contribution is -2.27. The highest BCUT2D eigenvalue weighted by Gasteiger charge is 2.21. The van der Waals surface area contributed by atoms with Gasteiger partial charge in [-0.25, -0.2) is 4.39 Å². The predicted molar refractivity (Wildman–Crippen MR) is 74.0 cm³/mol. The van der Waals surface area contributed by atoms with Crippen molar-refractivity contribution in [2.24, 2.45) is 5.73 Å². The molecule has 2 aromatic rings. The van der Waals surface area contributed by atoms with Crippen LogP contribution in [-0.4, -0.2) is 22.9 Å². The SMILES string of the molecule is NC(COC1CCC1)c1noc(Cc2cccc(F)c2)n1. The van der Waals surface area contributed by atoms with Crippen molar-refractivity contribution in [3.63, 3.8) is 0 Å². The molecule has 112 valence electrons. The van der Waals surface area contributed by atoms with E-state index < -0.39 is 6.04 Å². The molecule has 1 aliphatic rings. The van der Waals surface area contributed by atoms with Gasteiger partial charge in [0.25, 0.3) is 0 Å². The Morgan fingerprint density at radius 3 is 3.00 bits per heavy atom. The molecular weight excluding hydrogens is 273 g/mol. The van der Waals surface area contributed by atoms with E-state index in [1.54, 1.807) is 6.07 Å². The first kappa shape index (κ1) is 14.2. The first-order chi connectivity index (χ1) is 10.2. The van der Waals surface area contributed by atoms with E-state index in [1.165, 1.54) is 18.6 Å². The van der Waals surface area contributed by atoms with E-state index in [2.05, 4.69) is 10.1 Å². The van der Waals surface area contributed by atoms with Gasteiger partial charge in [0.2, 0.25) is 5.89 Å². The van der Waals surface area contributed by atoms with Gasteiger partial charge in [-0.15, -0.1) is 0 Å². The number of nitrogens with zero attached hydrogens (tertiary/aromatic N) is 2. The Kier molecular flexibility index (Phi) is 4.26. The van der Waals surface area contributed by atoms with Crippen molar-refractivity contribution < 1.29 is 13.7 Å². The van der Waals surface area contributed by atoms with Gasteiger partial charge >= 0.3 is 0 Å². The molecule has 0 amide bonds. The largest absolute Gasteiger partial charge is 0.376 e. The van der Waals surface area contributed by atoms with Crippen molar-refractivity contribution in [3.8, 4) is 0 Å². The lowest BCUT2D eigenvalue weighted by atomic mass is 9.96. The fraction of sp³-hybridized carbons (Fsp3) is 0.467. The zero-order chi connectivity index (χ0) is 14.7. The minimum atomic E-state index is -0.393. The van der Waals surface area contributed by atoms with Crippen molar-refractivity contribution in [3.05, 3.63) is 47.4 Å². The third-order valence-electron chi connectivity index (χ3n) is 3.62. The maximum atomic E-state index is 13.1. The fourth-order valence-electron chi connectivity index (χ4n) is 2.16. The van der Waals surface area contributed by atoms with E-state index in [0.29, 0.717) is 30.8 Å². The van der Waals surface area contributed by atoms with Crippen LogP contribution in [0.25, 0.3) is 0 Å². The van der Waals surface area contributed by atoms with Gasteiger partial charge in [0.05, 0.1) is 25.2 Å². The van der Waals surface area contributed by atoms with E-state index >= 15 is 0 Å². The minimum Gasteiger partial charge on any atom is -0.376 e. The third kappa shape index (κ3) is 3.65. The molecule has 1 aromatic heterocycles. The van der Waals surface area contributed by atoms with E-state index in [0.717, 1.165) is 18.4 Å². The summed E-state index contributed by atoms with van der Waals surface area (Å²) < 4.78 is 23.9. The van der Waals surface area contributed by atoms with Gasteiger partial charge in [-0.3, -0.25) is 0 Å². The average Bonchev–Trinajstić information content (AvgIpc) is 2.85. The molecule has 0 bridgehead atoms. The van der Waals surface area contributed by atoms with E-state index in [-0.39, 0.29) is 5.82 Å². The molecule has 1 aliphatic carbocycles. The Balaban J connectivity index is 1.57. The van der Waals surface area contributed by atoms with Crippen LogP contribution in [0.5, 0.6) is 0 Å². The third-order valence-corrected chi connectivity index (χ3v) is 3.62. The van der Waals surface area contributed by atoms with Gasteiger partial charge < -0.3 is 15.0 Å². The molecule has 0 aliphatic heterocycles. The molecule has 21 heavy (non-hydrogen) atoms. The molecule has 1 unspecified atom stereocenters. The van der Waals surface area contributed by atoms with Gasteiger partial charge in [-0.2, -0.15) is 4.98 Å². The zero-order valence-corrected chi connectivity index (χ0v) is 11.7. The van der Waals surface area contributed by atoms with Crippen LogP contribution in [0.1, 0.15) is 42.6 Å². The smallest absolute Gasteiger partial charge is 0.231 e. The first-order valence-electron chi connectivity index (χ1n) is 7.15. The van der Waals surface area contributed by atoms with Crippen LogP contribution in [0, 0.1) is 5.82 Å². The summed E-state index contributed by atoms with van der Waals surface area (Å²) in [5.41, 5.74) is 6.76. The summed E-state index contributed by atoms with van der Waals surface area (Å²) in [6.45, 7) is 0.392. The molecule has 0 radical (unpaired) electrons. The Morgan fingerprint density at radius 1 is 1.43 bits per heavy atom. The maximum absolute atomic E-state index is 13.1. The van der Waals surface area contributed by atoms with E-state index in [9.17, 15) is 4.39 Å². The Morgan fingerprint density at radius 2 is 2.29 bits per heavy atom. The van der Waals surface area contributed by atoms with Crippen LogP contribution in [0.4, 0.5) is 4.39 Å². The fourth-order valence-corrected chi connectivity index (χ4v) is 2.16. The van der Waals surface area contributed by atoms with Crippen LogP contribution in [0.3, 0.4) is 0 Å². The number of hydrogen-bond acceptors (Lipinski definition) is 5. The van der Waals surface area contributed by atoms with Crippen molar-refractivity contribution in [2.45, 2.75) is 37.8 Å². The standard InChI is InChI=1S/C15H18FN3O2/c16-11-4-1-3-10(7-11)8-14-18-15(19-21-14)13(17)9-20-12-5-2-6-12/h1,3-4,7,12-13H,2,5-6,8-9,17H2. The number of hydrogen-bond donors (Lipinski definition) is 1. The predicted octanol–water partition coefficient (Wildman–Crippen LogP) is 2.37. The molecule has 0 saturated heterocycles. The number of ether oxygens (including phenoxy) is 1. The Bertz CT molecular complexity index is 598. The van der Waals surface area contributed by atoms with Crippen LogP contribution in [0.15, 0.2) is 28.8 Å². The second kappa shape index (κ2) is 6.32.